The third kappa shape index (κ3) is 1.97. The molecule has 1 unspecified atom stereocenters. The van der Waals surface area contributed by atoms with Gasteiger partial charge in [0.15, 0.2) is 5.82 Å². The molecule has 76 valence electrons. The summed E-state index contributed by atoms with van der Waals surface area (Å²) in [6.07, 6.45) is 2.72. The number of carbonyl (C=O) groups is 1. The molecule has 14 heavy (non-hydrogen) atoms. The van der Waals surface area contributed by atoms with Gasteiger partial charge in [-0.15, -0.1) is 10.2 Å². The fourth-order valence-electron chi connectivity index (χ4n) is 1.57. The van der Waals surface area contributed by atoms with Crippen LogP contribution in [0, 0.1) is 11.8 Å². The van der Waals surface area contributed by atoms with E-state index >= 15 is 0 Å². The van der Waals surface area contributed by atoms with Gasteiger partial charge in [0, 0.05) is 5.92 Å². The molecule has 0 radical (unpaired) electrons. The summed E-state index contributed by atoms with van der Waals surface area (Å²) in [5.41, 5.74) is 0. The quantitative estimate of drug-likeness (QED) is 0.694. The molecular weight excluding hydrogens is 180 g/mol. The highest BCUT2D eigenvalue weighted by Crippen LogP contribution is 2.37. The number of rotatable bonds is 4. The van der Waals surface area contributed by atoms with Gasteiger partial charge < -0.3 is 0 Å². The van der Waals surface area contributed by atoms with E-state index in [2.05, 4.69) is 15.4 Å². The summed E-state index contributed by atoms with van der Waals surface area (Å²) in [5, 5.41) is 11.5. The van der Waals surface area contributed by atoms with Gasteiger partial charge in [0.1, 0.15) is 5.78 Å². The molecule has 0 N–H and O–H groups in total. The third-order valence-electron chi connectivity index (χ3n) is 2.72. The number of carbonyl (C=O) groups excluding carboxylic acids is 1. The van der Waals surface area contributed by atoms with Crippen LogP contribution in [0.4, 0.5) is 0 Å². The number of Topliss-reactive ketones (excluding diaryl/α,β-unsaturated/α-hetero) is 1. The van der Waals surface area contributed by atoms with Gasteiger partial charge in [-0.05, 0) is 24.0 Å². The molecule has 5 heteroatoms. The molecule has 0 bridgehead atoms. The molecule has 1 saturated carbocycles. The molecule has 1 aromatic heterocycles. The van der Waals surface area contributed by atoms with Crippen LogP contribution in [0.1, 0.15) is 25.6 Å². The van der Waals surface area contributed by atoms with Gasteiger partial charge >= 0.3 is 0 Å². The molecule has 5 nitrogen and oxygen atoms in total. The molecule has 1 heterocycles. The summed E-state index contributed by atoms with van der Waals surface area (Å²) in [6, 6.07) is 0. The van der Waals surface area contributed by atoms with Crippen molar-refractivity contribution in [3.05, 3.63) is 5.82 Å². The van der Waals surface area contributed by atoms with Crippen molar-refractivity contribution in [2.24, 2.45) is 18.9 Å². The van der Waals surface area contributed by atoms with Gasteiger partial charge in [0.25, 0.3) is 0 Å². The highest BCUT2D eigenvalue weighted by atomic mass is 16.1. The van der Waals surface area contributed by atoms with Crippen molar-refractivity contribution in [2.45, 2.75) is 26.2 Å². The summed E-state index contributed by atoms with van der Waals surface area (Å²) in [5.74, 6) is 1.54. The number of aromatic nitrogens is 4. The van der Waals surface area contributed by atoms with E-state index in [1.54, 1.807) is 7.05 Å². The van der Waals surface area contributed by atoms with Gasteiger partial charge in [0.05, 0.1) is 13.5 Å². The van der Waals surface area contributed by atoms with Crippen molar-refractivity contribution in [3.8, 4) is 0 Å². The van der Waals surface area contributed by atoms with Crippen molar-refractivity contribution in [1.29, 1.82) is 0 Å². The number of tetrazole rings is 1. The lowest BCUT2D eigenvalue weighted by Gasteiger charge is -2.05. The predicted molar refractivity (Wildman–Crippen MR) is 49.4 cm³/mol. The Kier molecular flexibility index (Phi) is 2.31. The van der Waals surface area contributed by atoms with Crippen molar-refractivity contribution < 1.29 is 4.79 Å². The maximum atomic E-state index is 11.7. The number of ketones is 1. The maximum absolute atomic E-state index is 11.7. The monoisotopic (exact) mass is 194 g/mol. The fraction of sp³-hybridized carbons (Fsp3) is 0.778. The van der Waals surface area contributed by atoms with Crippen LogP contribution in [0.2, 0.25) is 0 Å². The molecule has 0 aromatic carbocycles. The topological polar surface area (TPSA) is 60.7 Å². The van der Waals surface area contributed by atoms with Crippen LogP contribution in [0.5, 0.6) is 0 Å². The molecule has 1 fully saturated rings. The van der Waals surface area contributed by atoms with Gasteiger partial charge in [-0.25, -0.2) is 0 Å². The van der Waals surface area contributed by atoms with E-state index < -0.39 is 0 Å². The number of nitrogens with zero attached hydrogens (tertiary/aromatic N) is 4. The second-order valence-electron chi connectivity index (χ2n) is 3.96. The molecule has 0 saturated heterocycles. The fourth-order valence-corrected chi connectivity index (χ4v) is 1.57. The highest BCUT2D eigenvalue weighted by Gasteiger charge is 2.32. The van der Waals surface area contributed by atoms with Crippen molar-refractivity contribution in [3.63, 3.8) is 0 Å². The molecule has 2 rings (SSSR count). The summed E-state index contributed by atoms with van der Waals surface area (Å²) < 4.78 is 0. The third-order valence-corrected chi connectivity index (χ3v) is 2.72. The standard InChI is InChI=1S/C9H14N4O/c1-6(7-3-4-7)8(14)5-9-10-12-13(2)11-9/h6-7H,3-5H2,1-2H3. The lowest BCUT2D eigenvalue weighted by Crippen LogP contribution is -2.16. The van der Waals surface area contributed by atoms with E-state index in [-0.39, 0.29) is 11.7 Å². The molecule has 1 aliphatic rings. The second-order valence-corrected chi connectivity index (χ2v) is 3.96. The first kappa shape index (κ1) is 9.30. The zero-order chi connectivity index (χ0) is 10.1. The van der Waals surface area contributed by atoms with Crippen LogP contribution in [-0.2, 0) is 18.3 Å². The van der Waals surface area contributed by atoms with Crippen molar-refractivity contribution >= 4 is 5.78 Å². The molecule has 1 aromatic rings. The Bertz CT molecular complexity index is 342. The molecule has 1 aliphatic carbocycles. The molecule has 0 aliphatic heterocycles. The molecule has 0 amide bonds. The zero-order valence-corrected chi connectivity index (χ0v) is 8.47. The summed E-state index contributed by atoms with van der Waals surface area (Å²) in [4.78, 5) is 13.1. The summed E-state index contributed by atoms with van der Waals surface area (Å²) in [6.45, 7) is 2.00. The minimum atomic E-state index is 0.166. The summed E-state index contributed by atoms with van der Waals surface area (Å²) >= 11 is 0. The van der Waals surface area contributed by atoms with Crippen LogP contribution >= 0.6 is 0 Å². The van der Waals surface area contributed by atoms with E-state index in [1.165, 1.54) is 17.6 Å². The minimum Gasteiger partial charge on any atom is -0.299 e. The highest BCUT2D eigenvalue weighted by molar-refractivity contribution is 5.82. The van der Waals surface area contributed by atoms with Gasteiger partial charge in [-0.2, -0.15) is 4.80 Å². The van der Waals surface area contributed by atoms with Gasteiger partial charge in [-0.1, -0.05) is 6.92 Å². The van der Waals surface area contributed by atoms with Crippen LogP contribution < -0.4 is 0 Å². The zero-order valence-electron chi connectivity index (χ0n) is 8.47. The largest absolute Gasteiger partial charge is 0.299 e. The van der Waals surface area contributed by atoms with Crippen LogP contribution in [-0.4, -0.2) is 26.0 Å². The average molecular weight is 194 g/mol. The predicted octanol–water partition coefficient (Wildman–Crippen LogP) is 0.368. The van der Waals surface area contributed by atoms with Crippen molar-refractivity contribution in [1.82, 2.24) is 20.2 Å². The normalized spacial score (nSPS) is 18.1. The van der Waals surface area contributed by atoms with Crippen LogP contribution in [0.3, 0.4) is 0 Å². The van der Waals surface area contributed by atoms with Gasteiger partial charge in [-0.3, -0.25) is 4.79 Å². The molecule has 1 atom stereocenters. The molecular formula is C9H14N4O. The second kappa shape index (κ2) is 3.48. The Balaban J connectivity index is 1.93. The lowest BCUT2D eigenvalue weighted by atomic mass is 9.98. The first-order valence-corrected chi connectivity index (χ1v) is 4.92. The Labute approximate surface area is 82.5 Å². The Morgan fingerprint density at radius 1 is 1.64 bits per heavy atom. The Morgan fingerprint density at radius 2 is 2.36 bits per heavy atom. The Hall–Kier alpha value is -1.26. The van der Waals surface area contributed by atoms with Crippen LogP contribution in [0.25, 0.3) is 0 Å². The first-order valence-electron chi connectivity index (χ1n) is 4.92. The smallest absolute Gasteiger partial charge is 0.182 e. The number of aryl methyl sites for hydroxylation is 1. The number of hydrogen-bond acceptors (Lipinski definition) is 4. The van der Waals surface area contributed by atoms with Gasteiger partial charge in [0.2, 0.25) is 0 Å². The Morgan fingerprint density at radius 3 is 2.86 bits per heavy atom. The van der Waals surface area contributed by atoms with Crippen molar-refractivity contribution in [2.75, 3.05) is 0 Å². The average Bonchev–Trinajstić information content (AvgIpc) is 2.91. The maximum Gasteiger partial charge on any atom is 0.182 e. The number of hydrogen-bond donors (Lipinski definition) is 0. The van der Waals surface area contributed by atoms with E-state index in [0.717, 1.165) is 0 Å². The van der Waals surface area contributed by atoms with E-state index in [1.807, 2.05) is 6.92 Å². The first-order chi connectivity index (χ1) is 6.66. The van der Waals surface area contributed by atoms with Crippen LogP contribution in [0.15, 0.2) is 0 Å². The van der Waals surface area contributed by atoms with E-state index in [0.29, 0.717) is 18.2 Å². The molecule has 0 spiro atoms. The van der Waals surface area contributed by atoms with E-state index in [4.69, 9.17) is 0 Å². The SMILES string of the molecule is CC(C(=O)Cc1nnn(C)n1)C1CC1. The lowest BCUT2D eigenvalue weighted by molar-refractivity contribution is -0.122. The summed E-state index contributed by atoms with van der Waals surface area (Å²) in [7, 11) is 1.70. The van der Waals surface area contributed by atoms with E-state index in [9.17, 15) is 4.79 Å². The minimum absolute atomic E-state index is 0.166.